The topological polar surface area (TPSA) is 61.9 Å². The van der Waals surface area contributed by atoms with E-state index in [1.165, 1.54) is 6.92 Å². The van der Waals surface area contributed by atoms with Gasteiger partial charge in [-0.2, -0.15) is 0 Å². The van der Waals surface area contributed by atoms with Gasteiger partial charge in [-0.3, -0.25) is 4.79 Å². The summed E-state index contributed by atoms with van der Waals surface area (Å²) in [6, 6.07) is 3.95. The fourth-order valence-electron chi connectivity index (χ4n) is 3.35. The van der Waals surface area contributed by atoms with Crippen molar-refractivity contribution in [1.82, 2.24) is 10.2 Å². The first-order chi connectivity index (χ1) is 13.0. The average molecular weight is 410 g/mol. The first kappa shape index (κ1) is 22.3. The Balaban J connectivity index is 2.20. The van der Waals surface area contributed by atoms with Gasteiger partial charge in [-0.05, 0) is 51.3 Å². The maximum Gasteiger partial charge on any atom is 0.410 e. The highest BCUT2D eigenvalue weighted by atomic mass is 35.5. The van der Waals surface area contributed by atoms with Gasteiger partial charge in [0.05, 0.1) is 6.04 Å². The molecule has 28 heavy (non-hydrogen) atoms. The van der Waals surface area contributed by atoms with Crippen LogP contribution in [-0.4, -0.2) is 48.7 Å². The Morgan fingerprint density at radius 3 is 2.32 bits per heavy atom. The van der Waals surface area contributed by atoms with Gasteiger partial charge < -0.3 is 19.9 Å². The van der Waals surface area contributed by atoms with Crippen LogP contribution in [0.1, 0.15) is 58.2 Å². The van der Waals surface area contributed by atoms with Crippen LogP contribution >= 0.6 is 11.6 Å². The van der Waals surface area contributed by atoms with E-state index in [0.717, 1.165) is 23.2 Å². The smallest absolute Gasteiger partial charge is 0.410 e. The van der Waals surface area contributed by atoms with Crippen molar-refractivity contribution < 1.29 is 14.3 Å². The van der Waals surface area contributed by atoms with Crippen molar-refractivity contribution >= 4 is 29.3 Å². The highest BCUT2D eigenvalue weighted by molar-refractivity contribution is 6.31. The first-order valence-electron chi connectivity index (χ1n) is 9.82. The van der Waals surface area contributed by atoms with Crippen LogP contribution in [0.3, 0.4) is 0 Å². The molecule has 2 amide bonds. The minimum Gasteiger partial charge on any atom is -0.444 e. The van der Waals surface area contributed by atoms with Crippen molar-refractivity contribution in [3.8, 4) is 0 Å². The number of piperazine rings is 1. The third-order valence-electron chi connectivity index (χ3n) is 4.74. The average Bonchev–Trinajstić information content (AvgIpc) is 2.60. The van der Waals surface area contributed by atoms with E-state index in [-0.39, 0.29) is 18.0 Å². The fraction of sp³-hybridized carbons (Fsp3) is 0.619. The molecule has 1 aliphatic heterocycles. The van der Waals surface area contributed by atoms with E-state index in [1.807, 2.05) is 33.8 Å². The summed E-state index contributed by atoms with van der Waals surface area (Å²) in [5, 5.41) is 3.73. The van der Waals surface area contributed by atoms with Crippen LogP contribution in [0.15, 0.2) is 12.1 Å². The van der Waals surface area contributed by atoms with Gasteiger partial charge in [0.15, 0.2) is 0 Å². The van der Waals surface area contributed by atoms with Crippen molar-refractivity contribution in [3.05, 3.63) is 28.3 Å². The largest absolute Gasteiger partial charge is 0.444 e. The summed E-state index contributed by atoms with van der Waals surface area (Å²) in [5.74, 6) is -0.0554. The zero-order valence-corrected chi connectivity index (χ0v) is 18.5. The molecule has 156 valence electrons. The summed E-state index contributed by atoms with van der Waals surface area (Å²) in [6.07, 6.45) is 0.505. The summed E-state index contributed by atoms with van der Waals surface area (Å²) in [4.78, 5) is 27.9. The molecule has 1 fully saturated rings. The van der Waals surface area contributed by atoms with Gasteiger partial charge in [-0.25, -0.2) is 4.79 Å². The lowest BCUT2D eigenvalue weighted by Gasteiger charge is -2.38. The lowest BCUT2D eigenvalue weighted by atomic mass is 9.98. The number of ether oxygens (including phenoxy) is 1. The maximum absolute atomic E-state index is 12.3. The number of halogens is 1. The Morgan fingerprint density at radius 1 is 1.21 bits per heavy atom. The monoisotopic (exact) mass is 409 g/mol. The number of hydrogen-bond donors (Lipinski definition) is 1. The van der Waals surface area contributed by atoms with Crippen molar-refractivity contribution in [1.29, 1.82) is 0 Å². The number of anilines is 1. The van der Waals surface area contributed by atoms with Crippen molar-refractivity contribution in [2.24, 2.45) is 0 Å². The van der Waals surface area contributed by atoms with Crippen LogP contribution in [0.2, 0.25) is 5.02 Å². The molecule has 1 saturated heterocycles. The van der Waals surface area contributed by atoms with Crippen LogP contribution in [0.4, 0.5) is 10.5 Å². The number of amides is 2. The van der Waals surface area contributed by atoms with Gasteiger partial charge in [0.1, 0.15) is 5.60 Å². The van der Waals surface area contributed by atoms with Gasteiger partial charge in [-0.1, -0.05) is 24.6 Å². The lowest BCUT2D eigenvalue weighted by molar-refractivity contribution is -0.119. The van der Waals surface area contributed by atoms with E-state index in [1.54, 1.807) is 4.90 Å². The first-order valence-corrected chi connectivity index (χ1v) is 10.2. The second kappa shape index (κ2) is 9.03. The lowest BCUT2D eigenvalue weighted by Crippen LogP contribution is -2.50. The highest BCUT2D eigenvalue weighted by Crippen LogP contribution is 2.34. The predicted molar refractivity (Wildman–Crippen MR) is 113 cm³/mol. The molecular weight excluding hydrogens is 378 g/mol. The number of carbonyl (C=O) groups is 2. The van der Waals surface area contributed by atoms with E-state index in [4.69, 9.17) is 16.3 Å². The van der Waals surface area contributed by atoms with E-state index in [0.29, 0.717) is 31.2 Å². The molecule has 0 aliphatic carbocycles. The normalized spacial score (nSPS) is 16.0. The molecule has 0 aromatic heterocycles. The summed E-state index contributed by atoms with van der Waals surface area (Å²) in [7, 11) is 0. The summed E-state index contributed by atoms with van der Waals surface area (Å²) >= 11 is 6.41. The van der Waals surface area contributed by atoms with Gasteiger partial charge in [-0.15, -0.1) is 0 Å². The highest BCUT2D eigenvalue weighted by Gasteiger charge is 2.28. The zero-order chi connectivity index (χ0) is 21.1. The Kier molecular flexibility index (Phi) is 7.21. The molecule has 0 spiro atoms. The number of aryl methyl sites for hydroxylation is 1. The zero-order valence-electron chi connectivity index (χ0n) is 17.8. The molecule has 6 nitrogen and oxygen atoms in total. The van der Waals surface area contributed by atoms with E-state index in [9.17, 15) is 9.59 Å². The quantitative estimate of drug-likeness (QED) is 0.805. The van der Waals surface area contributed by atoms with Gasteiger partial charge in [0, 0.05) is 43.8 Å². The molecule has 0 bridgehead atoms. The Bertz CT molecular complexity index is 722. The minimum absolute atomic E-state index is 0.0554. The second-order valence-electron chi connectivity index (χ2n) is 8.28. The molecule has 0 unspecified atom stereocenters. The molecule has 2 rings (SSSR count). The van der Waals surface area contributed by atoms with Crippen LogP contribution in [-0.2, 0) is 9.53 Å². The standard InChI is InChI=1S/C21H32ClN3O3/c1-7-18(23-15(3)26)16-12-14(2)17(22)13-19(16)24-8-10-25(11-9-24)20(27)28-21(4,5)6/h12-13,18H,7-11H2,1-6H3,(H,23,26)/t18-/m1/s1. The molecule has 1 aliphatic rings. The molecule has 0 radical (unpaired) electrons. The van der Waals surface area contributed by atoms with Gasteiger partial charge in [0.25, 0.3) is 0 Å². The molecule has 1 atom stereocenters. The summed E-state index contributed by atoms with van der Waals surface area (Å²) in [5.41, 5.74) is 2.56. The number of carbonyl (C=O) groups excluding carboxylic acids is 2. The Hall–Kier alpha value is -1.95. The summed E-state index contributed by atoms with van der Waals surface area (Å²) < 4.78 is 5.48. The number of benzene rings is 1. The van der Waals surface area contributed by atoms with Crippen molar-refractivity contribution in [2.45, 2.75) is 59.6 Å². The number of nitrogens with one attached hydrogen (secondary N) is 1. The molecule has 0 saturated carbocycles. The molecule has 1 N–H and O–H groups in total. The van der Waals surface area contributed by atoms with E-state index in [2.05, 4.69) is 23.2 Å². The Morgan fingerprint density at radius 2 is 1.82 bits per heavy atom. The molecule has 7 heteroatoms. The Labute approximate surface area is 173 Å². The second-order valence-corrected chi connectivity index (χ2v) is 8.68. The van der Waals surface area contributed by atoms with Crippen molar-refractivity contribution in [3.63, 3.8) is 0 Å². The van der Waals surface area contributed by atoms with E-state index >= 15 is 0 Å². The summed E-state index contributed by atoms with van der Waals surface area (Å²) in [6.45, 7) is 13.7. The SMILES string of the molecule is CC[C@@H](NC(C)=O)c1cc(C)c(Cl)cc1N1CCN(C(=O)OC(C)(C)C)CC1. The maximum atomic E-state index is 12.3. The number of nitrogens with zero attached hydrogens (tertiary/aromatic N) is 2. The van der Waals surface area contributed by atoms with Crippen molar-refractivity contribution in [2.75, 3.05) is 31.1 Å². The number of hydrogen-bond acceptors (Lipinski definition) is 4. The van der Waals surface area contributed by atoms with E-state index < -0.39 is 5.60 Å². The van der Waals surface area contributed by atoms with Crippen LogP contribution in [0.5, 0.6) is 0 Å². The van der Waals surface area contributed by atoms with Gasteiger partial charge >= 0.3 is 6.09 Å². The van der Waals surface area contributed by atoms with Crippen LogP contribution in [0, 0.1) is 6.92 Å². The molecule has 1 aromatic carbocycles. The fourth-order valence-corrected chi connectivity index (χ4v) is 3.51. The minimum atomic E-state index is -0.501. The van der Waals surface area contributed by atoms with Crippen LogP contribution < -0.4 is 10.2 Å². The van der Waals surface area contributed by atoms with Crippen LogP contribution in [0.25, 0.3) is 0 Å². The molecule has 1 aromatic rings. The third kappa shape index (κ3) is 5.77. The predicted octanol–water partition coefficient (Wildman–Crippen LogP) is 4.29. The third-order valence-corrected chi connectivity index (χ3v) is 5.15. The number of rotatable bonds is 4. The van der Waals surface area contributed by atoms with Gasteiger partial charge in [0.2, 0.25) is 5.91 Å². The molecular formula is C21H32ClN3O3. The molecule has 1 heterocycles.